The van der Waals surface area contributed by atoms with Crippen molar-refractivity contribution in [3.8, 4) is 0 Å². The minimum atomic E-state index is -3.30. The highest BCUT2D eigenvalue weighted by molar-refractivity contribution is 7.92. The topological polar surface area (TPSA) is 84.0 Å². The number of nitrogens with one attached hydrogen (secondary N) is 2. The molecule has 1 saturated heterocycles. The van der Waals surface area contributed by atoms with Gasteiger partial charge in [0.05, 0.1) is 5.75 Å². The molecular formula is C10H18N4O2S2. The first-order valence-corrected chi connectivity index (χ1v) is 8.56. The summed E-state index contributed by atoms with van der Waals surface area (Å²) in [5.41, 5.74) is 0. The van der Waals surface area contributed by atoms with Crippen LogP contribution in [0.3, 0.4) is 0 Å². The third-order valence-electron chi connectivity index (χ3n) is 2.92. The van der Waals surface area contributed by atoms with Gasteiger partial charge in [0.1, 0.15) is 5.01 Å². The third kappa shape index (κ3) is 4.18. The van der Waals surface area contributed by atoms with E-state index in [2.05, 4.69) is 20.2 Å². The molecule has 0 saturated carbocycles. The molecule has 1 fully saturated rings. The van der Waals surface area contributed by atoms with Gasteiger partial charge in [-0.15, -0.1) is 10.2 Å². The third-order valence-corrected chi connectivity index (χ3v) is 5.08. The number of nitrogens with zero attached hydrogens (tertiary/aromatic N) is 2. The van der Waals surface area contributed by atoms with E-state index in [-0.39, 0.29) is 5.75 Å². The normalized spacial score (nSPS) is 20.8. The Bertz CT molecular complexity index is 480. The summed E-state index contributed by atoms with van der Waals surface area (Å²) in [7, 11) is -3.30. The molecule has 0 aromatic carbocycles. The molecule has 102 valence electrons. The number of rotatable bonds is 5. The van der Waals surface area contributed by atoms with Gasteiger partial charge in [0.2, 0.25) is 15.2 Å². The molecule has 0 aliphatic carbocycles. The van der Waals surface area contributed by atoms with Gasteiger partial charge >= 0.3 is 0 Å². The highest BCUT2D eigenvalue weighted by Crippen LogP contribution is 2.16. The first kappa shape index (κ1) is 13.7. The molecule has 0 bridgehead atoms. The predicted octanol–water partition coefficient (Wildman–Crippen LogP) is 1.12. The lowest BCUT2D eigenvalue weighted by atomic mass is 10.0. The van der Waals surface area contributed by atoms with Gasteiger partial charge < -0.3 is 5.32 Å². The summed E-state index contributed by atoms with van der Waals surface area (Å²) in [4.78, 5) is 0. The zero-order chi connectivity index (χ0) is 13.0. The van der Waals surface area contributed by atoms with Gasteiger partial charge in [-0.25, -0.2) is 8.42 Å². The molecule has 8 heteroatoms. The van der Waals surface area contributed by atoms with Crippen LogP contribution in [0.5, 0.6) is 0 Å². The Labute approximate surface area is 111 Å². The van der Waals surface area contributed by atoms with E-state index in [1.807, 2.05) is 0 Å². The fourth-order valence-corrected chi connectivity index (χ4v) is 3.98. The monoisotopic (exact) mass is 290 g/mol. The number of anilines is 1. The van der Waals surface area contributed by atoms with Crippen LogP contribution in [0.15, 0.2) is 0 Å². The quantitative estimate of drug-likeness (QED) is 0.849. The Hall–Kier alpha value is -0.730. The Balaban J connectivity index is 1.83. The van der Waals surface area contributed by atoms with Crippen LogP contribution in [-0.2, 0) is 10.0 Å². The number of sulfonamides is 1. The molecule has 0 spiro atoms. The van der Waals surface area contributed by atoms with Gasteiger partial charge in [0.25, 0.3) is 0 Å². The molecule has 1 unspecified atom stereocenters. The molecule has 1 aromatic rings. The summed E-state index contributed by atoms with van der Waals surface area (Å²) in [6, 6.07) is 0.325. The number of hydrogen-bond donors (Lipinski definition) is 2. The summed E-state index contributed by atoms with van der Waals surface area (Å²) in [5, 5.41) is 12.0. The first-order chi connectivity index (χ1) is 8.55. The maximum absolute atomic E-state index is 11.9. The van der Waals surface area contributed by atoms with Crippen LogP contribution in [0.2, 0.25) is 0 Å². The molecule has 2 heterocycles. The average molecular weight is 290 g/mol. The maximum Gasteiger partial charge on any atom is 0.234 e. The summed E-state index contributed by atoms with van der Waals surface area (Å²) in [6.45, 7) is 2.79. The van der Waals surface area contributed by atoms with E-state index >= 15 is 0 Å². The smallest absolute Gasteiger partial charge is 0.234 e. The van der Waals surface area contributed by atoms with Crippen molar-refractivity contribution in [1.82, 2.24) is 15.5 Å². The van der Waals surface area contributed by atoms with Gasteiger partial charge in [-0.05, 0) is 32.7 Å². The Kier molecular flexibility index (Phi) is 4.52. The van der Waals surface area contributed by atoms with E-state index in [0.29, 0.717) is 17.6 Å². The number of piperidine rings is 1. The summed E-state index contributed by atoms with van der Waals surface area (Å²) < 4.78 is 26.2. The molecule has 1 aliphatic rings. The SMILES string of the molecule is Cc1nnc(NS(=O)(=O)CCC2CCCCN2)s1. The van der Waals surface area contributed by atoms with Crippen LogP contribution < -0.4 is 10.0 Å². The Morgan fingerprint density at radius 3 is 2.89 bits per heavy atom. The zero-order valence-corrected chi connectivity index (χ0v) is 12.0. The molecule has 6 nitrogen and oxygen atoms in total. The maximum atomic E-state index is 11.9. The fourth-order valence-electron chi connectivity index (χ4n) is 1.99. The Morgan fingerprint density at radius 1 is 1.44 bits per heavy atom. The average Bonchev–Trinajstić information content (AvgIpc) is 2.73. The lowest BCUT2D eigenvalue weighted by Gasteiger charge is -2.23. The van der Waals surface area contributed by atoms with Crippen molar-refractivity contribution in [2.24, 2.45) is 0 Å². The van der Waals surface area contributed by atoms with Crippen LogP contribution in [0.4, 0.5) is 5.13 Å². The fraction of sp³-hybridized carbons (Fsp3) is 0.800. The summed E-state index contributed by atoms with van der Waals surface area (Å²) >= 11 is 1.25. The second-order valence-corrected chi connectivity index (χ2v) is 7.51. The first-order valence-electron chi connectivity index (χ1n) is 6.09. The van der Waals surface area contributed by atoms with Gasteiger partial charge in [-0.3, -0.25) is 4.72 Å². The van der Waals surface area contributed by atoms with E-state index in [1.54, 1.807) is 6.92 Å². The molecular weight excluding hydrogens is 272 g/mol. The highest BCUT2D eigenvalue weighted by Gasteiger charge is 2.18. The predicted molar refractivity (Wildman–Crippen MR) is 72.3 cm³/mol. The second-order valence-electron chi connectivity index (χ2n) is 4.48. The van der Waals surface area contributed by atoms with E-state index in [4.69, 9.17) is 0 Å². The van der Waals surface area contributed by atoms with Crippen LogP contribution in [-0.4, -0.2) is 37.0 Å². The Morgan fingerprint density at radius 2 is 2.28 bits per heavy atom. The standard InChI is InChI=1S/C10H18N4O2S2/c1-8-12-13-10(17-8)14-18(15,16)7-5-9-4-2-3-6-11-9/h9,11H,2-7H2,1H3,(H,13,14). The van der Waals surface area contributed by atoms with Crippen molar-refractivity contribution in [3.63, 3.8) is 0 Å². The van der Waals surface area contributed by atoms with Crippen molar-refractivity contribution in [3.05, 3.63) is 5.01 Å². The van der Waals surface area contributed by atoms with Crippen molar-refractivity contribution in [2.75, 3.05) is 17.0 Å². The van der Waals surface area contributed by atoms with E-state index < -0.39 is 10.0 Å². The van der Waals surface area contributed by atoms with Crippen LogP contribution in [0.25, 0.3) is 0 Å². The highest BCUT2D eigenvalue weighted by atomic mass is 32.2. The van der Waals surface area contributed by atoms with Crippen molar-refractivity contribution in [1.29, 1.82) is 0 Å². The number of aryl methyl sites for hydroxylation is 1. The minimum Gasteiger partial charge on any atom is -0.314 e. The molecule has 1 aliphatic heterocycles. The van der Waals surface area contributed by atoms with Crippen molar-refractivity contribution >= 4 is 26.5 Å². The second kappa shape index (κ2) is 5.94. The van der Waals surface area contributed by atoms with Gasteiger partial charge in [0.15, 0.2) is 0 Å². The minimum absolute atomic E-state index is 0.128. The van der Waals surface area contributed by atoms with Gasteiger partial charge in [-0.2, -0.15) is 0 Å². The number of aromatic nitrogens is 2. The molecule has 2 rings (SSSR count). The van der Waals surface area contributed by atoms with Gasteiger partial charge in [-0.1, -0.05) is 17.8 Å². The summed E-state index contributed by atoms with van der Waals surface area (Å²) in [6.07, 6.45) is 4.08. The van der Waals surface area contributed by atoms with Crippen LogP contribution in [0, 0.1) is 6.92 Å². The largest absolute Gasteiger partial charge is 0.314 e. The lowest BCUT2D eigenvalue weighted by Crippen LogP contribution is -2.36. The number of hydrogen-bond acceptors (Lipinski definition) is 6. The van der Waals surface area contributed by atoms with Crippen LogP contribution >= 0.6 is 11.3 Å². The lowest BCUT2D eigenvalue weighted by molar-refractivity contribution is 0.393. The van der Waals surface area contributed by atoms with E-state index in [1.165, 1.54) is 24.2 Å². The zero-order valence-electron chi connectivity index (χ0n) is 10.3. The molecule has 0 amide bonds. The van der Waals surface area contributed by atoms with E-state index in [9.17, 15) is 8.42 Å². The summed E-state index contributed by atoms with van der Waals surface area (Å²) in [5.74, 6) is 0.128. The van der Waals surface area contributed by atoms with E-state index in [0.717, 1.165) is 18.0 Å². The molecule has 1 atom stereocenters. The molecule has 0 radical (unpaired) electrons. The molecule has 18 heavy (non-hydrogen) atoms. The molecule has 1 aromatic heterocycles. The van der Waals surface area contributed by atoms with Crippen LogP contribution in [0.1, 0.15) is 30.7 Å². The molecule has 2 N–H and O–H groups in total. The van der Waals surface area contributed by atoms with Crippen molar-refractivity contribution < 1.29 is 8.42 Å². The van der Waals surface area contributed by atoms with Gasteiger partial charge in [0, 0.05) is 6.04 Å². The van der Waals surface area contributed by atoms with Crippen molar-refractivity contribution in [2.45, 2.75) is 38.6 Å².